The third-order valence-electron chi connectivity index (χ3n) is 14.8. The third kappa shape index (κ3) is 8.49. The van der Waals surface area contributed by atoms with Crippen molar-refractivity contribution >= 4 is 84.8 Å². The maximum Gasteiger partial charge on any atom is 0.265 e. The molecule has 11 nitrogen and oxygen atoms in total. The van der Waals surface area contributed by atoms with Crippen molar-refractivity contribution in [3.8, 4) is 33.5 Å². The number of benzene rings is 10. The van der Waals surface area contributed by atoms with Gasteiger partial charge in [0.25, 0.3) is 35.4 Å². The van der Waals surface area contributed by atoms with Crippen LogP contribution in [0, 0.1) is 0 Å². The number of pyridine rings is 2. The molecule has 0 aliphatic carbocycles. The Labute approximate surface area is 464 Å². The molecule has 12 aromatic rings. The van der Waals surface area contributed by atoms with Crippen molar-refractivity contribution in [1.82, 2.24) is 9.97 Å². The minimum absolute atomic E-state index is 0.283. The van der Waals surface area contributed by atoms with Crippen molar-refractivity contribution in [3.05, 3.63) is 295 Å². The number of aromatic nitrogens is 2. The first-order chi connectivity index (χ1) is 39.8. The Bertz CT molecular complexity index is 4000. The minimum atomic E-state index is -0.303. The Hall–Kier alpha value is -11.3. The summed E-state index contributed by atoms with van der Waals surface area (Å²) in [5.74, 6) is -1.77. The average molecular weight is 1050 g/mol. The van der Waals surface area contributed by atoms with E-state index in [9.17, 15) is 28.8 Å². The van der Waals surface area contributed by atoms with Crippen molar-refractivity contribution in [2.75, 3.05) is 14.7 Å². The highest BCUT2D eigenvalue weighted by molar-refractivity contribution is 6.39. The number of carbonyl (C=O) groups is 6. The predicted molar refractivity (Wildman–Crippen MR) is 316 cm³/mol. The Morgan fingerprint density at radius 2 is 0.580 bits per heavy atom. The van der Waals surface area contributed by atoms with Gasteiger partial charge in [-0.1, -0.05) is 152 Å². The maximum absolute atomic E-state index is 13.2. The van der Waals surface area contributed by atoms with Crippen LogP contribution in [-0.2, 0) is 0 Å². The van der Waals surface area contributed by atoms with Crippen LogP contribution < -0.4 is 14.7 Å². The zero-order valence-corrected chi connectivity index (χ0v) is 43.0. The van der Waals surface area contributed by atoms with Crippen LogP contribution in [0.1, 0.15) is 62.1 Å². The quantitative estimate of drug-likeness (QED) is 0.150. The molecule has 81 heavy (non-hydrogen) atoms. The summed E-state index contributed by atoms with van der Waals surface area (Å²) in [6.07, 6.45) is 5.24. The largest absolute Gasteiger partial charge is 0.268 e. The summed E-state index contributed by atoms with van der Waals surface area (Å²) in [5, 5.41) is 4.81. The van der Waals surface area contributed by atoms with Gasteiger partial charge in [0, 0.05) is 79.3 Å². The number of nitrogens with zero attached hydrogens (tertiary/aromatic N) is 5. The van der Waals surface area contributed by atoms with E-state index in [0.717, 1.165) is 55.1 Å². The van der Waals surface area contributed by atoms with Gasteiger partial charge in [0.2, 0.25) is 0 Å². The highest BCUT2D eigenvalue weighted by Gasteiger charge is 2.37. The molecule has 0 radical (unpaired) electrons. The number of carbonyl (C=O) groups excluding carboxylic acids is 6. The second-order valence-corrected chi connectivity index (χ2v) is 19.3. The fourth-order valence-electron chi connectivity index (χ4n) is 11.1. The van der Waals surface area contributed by atoms with Crippen molar-refractivity contribution in [3.63, 3.8) is 0 Å². The van der Waals surface area contributed by atoms with Crippen LogP contribution in [0.4, 0.5) is 17.1 Å². The fourth-order valence-corrected chi connectivity index (χ4v) is 11.1. The normalized spacial score (nSPS) is 13.3. The molecule has 0 bridgehead atoms. The van der Waals surface area contributed by atoms with Crippen molar-refractivity contribution in [2.45, 2.75) is 0 Å². The predicted octanol–water partition coefficient (Wildman–Crippen LogP) is 14.7. The van der Waals surface area contributed by atoms with Crippen LogP contribution in [0.2, 0.25) is 0 Å². The van der Waals surface area contributed by atoms with Gasteiger partial charge < -0.3 is 0 Å². The highest BCUT2D eigenvalue weighted by atomic mass is 16.2. The van der Waals surface area contributed by atoms with Gasteiger partial charge in [-0.05, 0) is 124 Å². The van der Waals surface area contributed by atoms with E-state index in [1.807, 2.05) is 176 Å². The molecule has 3 aliphatic rings. The van der Waals surface area contributed by atoms with E-state index in [1.54, 1.807) is 85.3 Å². The molecule has 5 heterocycles. The highest BCUT2D eigenvalue weighted by Crippen LogP contribution is 2.41. The van der Waals surface area contributed by atoms with E-state index in [1.165, 1.54) is 14.7 Å². The maximum atomic E-state index is 13.2. The molecule has 11 heteroatoms. The molecule has 0 N–H and O–H groups in total. The van der Waals surface area contributed by atoms with Gasteiger partial charge in [0.1, 0.15) is 0 Å². The lowest BCUT2D eigenvalue weighted by Crippen LogP contribution is -2.40. The van der Waals surface area contributed by atoms with Crippen LogP contribution in [0.15, 0.2) is 261 Å². The van der Waals surface area contributed by atoms with Crippen molar-refractivity contribution in [2.24, 2.45) is 0 Å². The second kappa shape index (κ2) is 20.6. The van der Waals surface area contributed by atoms with Crippen LogP contribution >= 0.6 is 0 Å². The molecule has 10 aromatic carbocycles. The van der Waals surface area contributed by atoms with E-state index in [-0.39, 0.29) is 35.4 Å². The van der Waals surface area contributed by atoms with Gasteiger partial charge in [0.15, 0.2) is 0 Å². The first kappa shape index (κ1) is 49.3. The number of imide groups is 3. The number of rotatable bonds is 6. The summed E-state index contributed by atoms with van der Waals surface area (Å²) in [7, 11) is 0. The van der Waals surface area contributed by atoms with Crippen molar-refractivity contribution < 1.29 is 28.8 Å². The first-order valence-electron chi connectivity index (χ1n) is 26.1. The van der Waals surface area contributed by atoms with E-state index >= 15 is 0 Å². The molecular weight excluding hydrogens is 1010 g/mol. The first-order valence-corrected chi connectivity index (χ1v) is 26.1. The smallest absolute Gasteiger partial charge is 0.265 e. The van der Waals surface area contributed by atoms with Crippen LogP contribution in [0.25, 0.3) is 65.8 Å². The lowest BCUT2D eigenvalue weighted by molar-refractivity contribution is 0.0877. The molecule has 6 amide bonds. The Balaban J connectivity index is 0.000000114. The number of amides is 6. The SMILES string of the molecule is O=C1c2cccc3c(-c4ccccc4)ccc(c23)C(=O)N1c1ccccc1.O=C1c2cccc3c(-c4ccccn4)ccc(c23)C(=O)N1c1ccccc1.O=C1c2cccc3c(-c4cccnc4)ccc(c23)C(=O)N1c1ccccc1. The molecule has 0 spiro atoms. The van der Waals surface area contributed by atoms with E-state index in [2.05, 4.69) is 9.97 Å². The molecule has 384 valence electrons. The Kier molecular flexibility index (Phi) is 12.5. The topological polar surface area (TPSA) is 138 Å². The molecule has 0 saturated carbocycles. The van der Waals surface area contributed by atoms with Gasteiger partial charge in [0.05, 0.1) is 22.8 Å². The summed E-state index contributed by atoms with van der Waals surface area (Å²) < 4.78 is 0. The van der Waals surface area contributed by atoms with Gasteiger partial charge in [-0.2, -0.15) is 0 Å². The molecule has 15 rings (SSSR count). The number of hydrogen-bond acceptors (Lipinski definition) is 8. The second-order valence-electron chi connectivity index (χ2n) is 19.3. The van der Waals surface area contributed by atoms with Gasteiger partial charge in [-0.3, -0.25) is 38.7 Å². The number of hydrogen-bond donors (Lipinski definition) is 0. The summed E-state index contributed by atoms with van der Waals surface area (Å²) in [6.45, 7) is 0. The lowest BCUT2D eigenvalue weighted by Gasteiger charge is -2.27. The molecule has 0 atom stereocenters. The van der Waals surface area contributed by atoms with E-state index in [0.29, 0.717) is 61.2 Å². The Morgan fingerprint density at radius 3 is 0.963 bits per heavy atom. The summed E-state index contributed by atoms with van der Waals surface area (Å²) in [4.78, 5) is 91.3. The lowest BCUT2D eigenvalue weighted by atomic mass is 9.89. The summed E-state index contributed by atoms with van der Waals surface area (Å²) >= 11 is 0. The summed E-state index contributed by atoms with van der Waals surface area (Å²) in [6, 6.07) is 74.7. The average Bonchev–Trinajstić information content (AvgIpc) is 3.64. The Morgan fingerprint density at radius 1 is 0.247 bits per heavy atom. The standard InChI is InChI=1S/C24H15NO2.2C23H14N2O2/c26-23-20-13-7-12-19-18(16-8-3-1-4-9-16)14-15-21(22(19)20)24(27)25(23)17-10-5-2-6-11-17;26-22-19-10-4-9-18-17(15-6-5-13-24-14-15)11-12-20(21(18)19)23(27)25(22)16-7-2-1-3-8-16;26-22-18-10-6-9-17-16(20-11-4-5-14-24-20)12-13-19(21(17)18)23(27)25(22)15-7-2-1-3-8-15/h1-15H;2*1-14H. The molecule has 3 aliphatic heterocycles. The molecule has 0 saturated heterocycles. The minimum Gasteiger partial charge on any atom is -0.268 e. The number of anilines is 3. The zero-order valence-electron chi connectivity index (χ0n) is 43.0. The zero-order chi connectivity index (χ0) is 55.1. The van der Waals surface area contributed by atoms with Crippen LogP contribution in [-0.4, -0.2) is 45.4 Å². The van der Waals surface area contributed by atoms with Gasteiger partial charge >= 0.3 is 0 Å². The van der Waals surface area contributed by atoms with Gasteiger partial charge in [-0.15, -0.1) is 0 Å². The molecular formula is C70H43N5O6. The molecule has 0 fully saturated rings. The monoisotopic (exact) mass is 1050 g/mol. The third-order valence-corrected chi connectivity index (χ3v) is 14.8. The number of para-hydroxylation sites is 3. The van der Waals surface area contributed by atoms with Crippen LogP contribution in [0.5, 0.6) is 0 Å². The van der Waals surface area contributed by atoms with Crippen LogP contribution in [0.3, 0.4) is 0 Å². The molecule has 2 aromatic heterocycles. The van der Waals surface area contributed by atoms with Gasteiger partial charge in [-0.25, -0.2) is 14.7 Å². The van der Waals surface area contributed by atoms with E-state index in [4.69, 9.17) is 0 Å². The fraction of sp³-hybridized carbons (Fsp3) is 0. The molecule has 0 unspecified atom stereocenters. The van der Waals surface area contributed by atoms with Crippen molar-refractivity contribution in [1.29, 1.82) is 0 Å². The van der Waals surface area contributed by atoms with E-state index < -0.39 is 0 Å². The summed E-state index contributed by atoms with van der Waals surface area (Å²) in [5.41, 5.74) is 10.7.